The minimum Gasteiger partial charge on any atom is -0.497 e. The Labute approximate surface area is 163 Å². The van der Waals surface area contributed by atoms with Gasteiger partial charge in [0.05, 0.1) is 18.6 Å². The maximum atomic E-state index is 12.5. The van der Waals surface area contributed by atoms with Gasteiger partial charge in [0.15, 0.2) is 0 Å². The summed E-state index contributed by atoms with van der Waals surface area (Å²) in [5.41, 5.74) is 0.908. The molecule has 0 unspecified atom stereocenters. The van der Waals surface area contributed by atoms with Crippen molar-refractivity contribution in [2.45, 2.75) is 32.6 Å². The molecule has 0 atom stereocenters. The van der Waals surface area contributed by atoms with Gasteiger partial charge in [-0.3, -0.25) is 14.5 Å². The Kier molecular flexibility index (Phi) is 8.12. The Bertz CT molecular complexity index is 685. The monoisotopic (exact) mass is 393 g/mol. The lowest BCUT2D eigenvalue weighted by atomic mass is 10.2. The van der Waals surface area contributed by atoms with E-state index in [1.54, 1.807) is 12.0 Å². The van der Waals surface area contributed by atoms with Gasteiger partial charge in [-0.15, -0.1) is 0 Å². The van der Waals surface area contributed by atoms with E-state index in [0.29, 0.717) is 28.8 Å². The summed E-state index contributed by atoms with van der Waals surface area (Å²) in [7, 11) is 1.61. The van der Waals surface area contributed by atoms with Gasteiger partial charge in [-0.1, -0.05) is 49.5 Å². The number of carbonyl (C=O) groups is 2. The van der Waals surface area contributed by atoms with Crippen LogP contribution in [0, 0.1) is 0 Å². The lowest BCUT2D eigenvalue weighted by Gasteiger charge is -2.13. The molecule has 26 heavy (non-hydrogen) atoms. The second-order valence-corrected chi connectivity index (χ2v) is 7.46. The summed E-state index contributed by atoms with van der Waals surface area (Å²) in [6, 6.07) is 7.46. The summed E-state index contributed by atoms with van der Waals surface area (Å²) < 4.78 is 10.8. The molecule has 0 radical (unpaired) electrons. The van der Waals surface area contributed by atoms with Gasteiger partial charge in [-0.2, -0.15) is 0 Å². The number of hydrogen-bond acceptors (Lipinski definition) is 6. The summed E-state index contributed by atoms with van der Waals surface area (Å²) in [5, 5.41) is 0. The SMILES string of the molecule is CCCCOC(=O)CCCN1C(=O)C(=Cc2ccc(OC)cc2)SC1=S. The normalized spacial score (nSPS) is 15.6. The average Bonchev–Trinajstić information content (AvgIpc) is 2.90. The first kappa shape index (κ1) is 20.5. The van der Waals surface area contributed by atoms with Crippen LogP contribution in [0.5, 0.6) is 5.75 Å². The number of thiocarbonyl (C=S) groups is 1. The zero-order valence-corrected chi connectivity index (χ0v) is 16.7. The van der Waals surface area contributed by atoms with E-state index >= 15 is 0 Å². The van der Waals surface area contributed by atoms with Crippen LogP contribution < -0.4 is 4.74 Å². The van der Waals surface area contributed by atoms with Crippen molar-refractivity contribution in [1.82, 2.24) is 4.90 Å². The molecule has 2 rings (SSSR count). The Morgan fingerprint density at radius 2 is 2.00 bits per heavy atom. The van der Waals surface area contributed by atoms with E-state index in [2.05, 4.69) is 0 Å². The number of methoxy groups -OCH3 is 1. The van der Waals surface area contributed by atoms with Crippen LogP contribution in [0.25, 0.3) is 6.08 Å². The fourth-order valence-electron chi connectivity index (χ4n) is 2.33. The first-order chi connectivity index (χ1) is 12.5. The summed E-state index contributed by atoms with van der Waals surface area (Å²) in [6.07, 6.45) is 4.50. The quantitative estimate of drug-likeness (QED) is 0.273. The number of rotatable bonds is 9. The average molecular weight is 394 g/mol. The minimum atomic E-state index is -0.224. The molecule has 0 saturated carbocycles. The van der Waals surface area contributed by atoms with Gasteiger partial charge >= 0.3 is 5.97 Å². The fraction of sp³-hybridized carbons (Fsp3) is 0.421. The first-order valence-corrected chi connectivity index (χ1v) is 9.82. The molecule has 0 aromatic heterocycles. The minimum absolute atomic E-state index is 0.116. The topological polar surface area (TPSA) is 55.8 Å². The van der Waals surface area contributed by atoms with E-state index in [-0.39, 0.29) is 18.3 Å². The molecule has 0 bridgehead atoms. The second kappa shape index (κ2) is 10.3. The third-order valence-corrected chi connectivity index (χ3v) is 5.19. The predicted molar refractivity (Wildman–Crippen MR) is 108 cm³/mol. The summed E-state index contributed by atoms with van der Waals surface area (Å²) >= 11 is 6.59. The van der Waals surface area contributed by atoms with E-state index in [1.807, 2.05) is 37.3 Å². The lowest BCUT2D eigenvalue weighted by molar-refractivity contribution is -0.144. The van der Waals surface area contributed by atoms with E-state index in [0.717, 1.165) is 24.2 Å². The maximum Gasteiger partial charge on any atom is 0.305 e. The van der Waals surface area contributed by atoms with Crippen LogP contribution in [0.4, 0.5) is 0 Å². The molecular formula is C19H23NO4S2. The molecule has 0 spiro atoms. The van der Waals surface area contributed by atoms with Crippen molar-refractivity contribution in [3.8, 4) is 5.75 Å². The smallest absolute Gasteiger partial charge is 0.305 e. The molecule has 1 fully saturated rings. The molecule has 5 nitrogen and oxygen atoms in total. The molecule has 1 saturated heterocycles. The van der Waals surface area contributed by atoms with Crippen molar-refractivity contribution in [3.63, 3.8) is 0 Å². The number of hydrogen-bond donors (Lipinski definition) is 0. The van der Waals surface area contributed by atoms with E-state index in [4.69, 9.17) is 21.7 Å². The van der Waals surface area contributed by atoms with E-state index in [1.165, 1.54) is 11.8 Å². The van der Waals surface area contributed by atoms with Gasteiger partial charge < -0.3 is 9.47 Å². The number of unbranched alkanes of at least 4 members (excludes halogenated alkanes) is 1. The van der Waals surface area contributed by atoms with E-state index in [9.17, 15) is 9.59 Å². The summed E-state index contributed by atoms with van der Waals surface area (Å²) in [6.45, 7) is 2.93. The number of nitrogens with zero attached hydrogens (tertiary/aromatic N) is 1. The largest absolute Gasteiger partial charge is 0.497 e. The van der Waals surface area contributed by atoms with Crippen molar-refractivity contribution < 1.29 is 19.1 Å². The Morgan fingerprint density at radius 3 is 2.65 bits per heavy atom. The molecule has 0 N–H and O–H groups in total. The van der Waals surface area contributed by atoms with Crippen LogP contribution in [-0.4, -0.2) is 41.4 Å². The highest BCUT2D eigenvalue weighted by molar-refractivity contribution is 8.26. The van der Waals surface area contributed by atoms with Crippen molar-refractivity contribution >= 4 is 46.3 Å². The number of esters is 1. The number of carbonyl (C=O) groups excluding carboxylic acids is 2. The van der Waals surface area contributed by atoms with Crippen LogP contribution in [0.3, 0.4) is 0 Å². The first-order valence-electron chi connectivity index (χ1n) is 8.60. The molecule has 1 aromatic carbocycles. The van der Waals surface area contributed by atoms with Crippen molar-refractivity contribution in [2.75, 3.05) is 20.3 Å². The lowest BCUT2D eigenvalue weighted by Crippen LogP contribution is -2.29. The van der Waals surface area contributed by atoms with Crippen molar-refractivity contribution in [2.24, 2.45) is 0 Å². The maximum absolute atomic E-state index is 12.5. The number of ether oxygens (including phenoxy) is 2. The van der Waals surface area contributed by atoms with Crippen LogP contribution >= 0.6 is 24.0 Å². The van der Waals surface area contributed by atoms with Crippen LogP contribution in [0.2, 0.25) is 0 Å². The van der Waals surface area contributed by atoms with Crippen LogP contribution in [0.15, 0.2) is 29.2 Å². The van der Waals surface area contributed by atoms with Gasteiger partial charge in [-0.25, -0.2) is 0 Å². The molecule has 7 heteroatoms. The summed E-state index contributed by atoms with van der Waals surface area (Å²) in [4.78, 5) is 26.3. The predicted octanol–water partition coefficient (Wildman–Crippen LogP) is 4.02. The van der Waals surface area contributed by atoms with Gasteiger partial charge in [0.2, 0.25) is 0 Å². The number of amides is 1. The summed E-state index contributed by atoms with van der Waals surface area (Å²) in [5.74, 6) is 0.424. The van der Waals surface area contributed by atoms with Gasteiger partial charge in [0.25, 0.3) is 5.91 Å². The molecule has 1 aliphatic heterocycles. The fourth-order valence-corrected chi connectivity index (χ4v) is 3.64. The van der Waals surface area contributed by atoms with Crippen molar-refractivity contribution in [3.05, 3.63) is 34.7 Å². The van der Waals surface area contributed by atoms with Gasteiger partial charge in [0, 0.05) is 13.0 Å². The zero-order chi connectivity index (χ0) is 18.9. The second-order valence-electron chi connectivity index (χ2n) is 5.78. The Balaban J connectivity index is 1.87. The molecule has 1 heterocycles. The third-order valence-electron chi connectivity index (χ3n) is 3.81. The third kappa shape index (κ3) is 5.85. The number of thioether (sulfide) groups is 1. The number of benzene rings is 1. The van der Waals surface area contributed by atoms with Crippen LogP contribution in [-0.2, 0) is 14.3 Å². The molecule has 1 amide bonds. The standard InChI is InChI=1S/C19H23NO4S2/c1-3-4-12-24-17(21)6-5-11-20-18(22)16(26-19(20)25)13-14-7-9-15(23-2)10-8-14/h7-10,13H,3-6,11-12H2,1-2H3. The van der Waals surface area contributed by atoms with Crippen molar-refractivity contribution in [1.29, 1.82) is 0 Å². The zero-order valence-electron chi connectivity index (χ0n) is 15.0. The molecule has 1 aromatic rings. The molecular weight excluding hydrogens is 370 g/mol. The Morgan fingerprint density at radius 1 is 1.27 bits per heavy atom. The van der Waals surface area contributed by atoms with E-state index < -0.39 is 0 Å². The highest BCUT2D eigenvalue weighted by Crippen LogP contribution is 2.32. The highest BCUT2D eigenvalue weighted by atomic mass is 32.2. The van der Waals surface area contributed by atoms with Gasteiger partial charge in [0.1, 0.15) is 10.1 Å². The van der Waals surface area contributed by atoms with Gasteiger partial charge in [-0.05, 0) is 36.6 Å². The molecule has 140 valence electrons. The molecule has 1 aliphatic rings. The molecule has 0 aliphatic carbocycles. The Hall–Kier alpha value is -1.86. The van der Waals surface area contributed by atoms with Crippen LogP contribution in [0.1, 0.15) is 38.2 Å². The highest BCUT2D eigenvalue weighted by Gasteiger charge is 2.31.